The van der Waals surface area contributed by atoms with E-state index in [0.717, 1.165) is 39.0 Å². The molecule has 2 N–H and O–H groups in total. The number of hydrogen-bond acceptors (Lipinski definition) is 4. The second-order valence-corrected chi connectivity index (χ2v) is 5.70. The summed E-state index contributed by atoms with van der Waals surface area (Å²) in [5.41, 5.74) is 0.510. The number of likely N-dealkylation sites (tertiary alicyclic amines) is 1. The van der Waals surface area contributed by atoms with Crippen molar-refractivity contribution in [1.29, 1.82) is 0 Å². The molecule has 5 nitrogen and oxygen atoms in total. The zero-order valence-electron chi connectivity index (χ0n) is 12.7. The number of aromatic nitrogens is 1. The van der Waals surface area contributed by atoms with Crippen molar-refractivity contribution in [3.8, 4) is 0 Å². The van der Waals surface area contributed by atoms with Crippen molar-refractivity contribution >= 4 is 23.3 Å². The molecule has 1 unspecified atom stereocenters. The van der Waals surface area contributed by atoms with Gasteiger partial charge in [-0.25, -0.2) is 4.98 Å². The summed E-state index contributed by atoms with van der Waals surface area (Å²) in [7, 11) is 0. The van der Waals surface area contributed by atoms with E-state index in [2.05, 4.69) is 27.4 Å². The minimum Gasteiger partial charge on any atom is -0.369 e. The van der Waals surface area contributed by atoms with Gasteiger partial charge in [0.25, 0.3) is 5.91 Å². The standard InChI is InChI=1S/C15H23ClN4O/c1-3-17-14-13(16)8-11(9-18-14)15(21)19-12-6-5-7-20(4-2)10-12/h8-9,12H,3-7,10H2,1-2H3,(H,17,18)(H,19,21). The minimum atomic E-state index is -0.101. The van der Waals surface area contributed by atoms with Crippen LogP contribution in [0.4, 0.5) is 5.82 Å². The van der Waals surface area contributed by atoms with Gasteiger partial charge in [0.2, 0.25) is 0 Å². The third kappa shape index (κ3) is 4.32. The van der Waals surface area contributed by atoms with E-state index in [-0.39, 0.29) is 11.9 Å². The highest BCUT2D eigenvalue weighted by atomic mass is 35.5. The van der Waals surface area contributed by atoms with Crippen molar-refractivity contribution in [3.63, 3.8) is 0 Å². The van der Waals surface area contributed by atoms with E-state index in [1.807, 2.05) is 6.92 Å². The summed E-state index contributed by atoms with van der Waals surface area (Å²) < 4.78 is 0. The Labute approximate surface area is 131 Å². The van der Waals surface area contributed by atoms with Crippen LogP contribution < -0.4 is 10.6 Å². The number of rotatable bonds is 5. The Morgan fingerprint density at radius 1 is 1.52 bits per heavy atom. The van der Waals surface area contributed by atoms with Crippen molar-refractivity contribution in [2.45, 2.75) is 32.7 Å². The van der Waals surface area contributed by atoms with Crippen LogP contribution in [0.25, 0.3) is 0 Å². The molecule has 1 aliphatic heterocycles. The van der Waals surface area contributed by atoms with E-state index in [9.17, 15) is 4.79 Å². The zero-order chi connectivity index (χ0) is 15.2. The smallest absolute Gasteiger partial charge is 0.253 e. The van der Waals surface area contributed by atoms with Crippen LogP contribution in [0.2, 0.25) is 5.02 Å². The Morgan fingerprint density at radius 2 is 2.33 bits per heavy atom. The predicted molar refractivity (Wildman–Crippen MR) is 86.0 cm³/mol. The second kappa shape index (κ2) is 7.61. The number of piperidine rings is 1. The number of halogens is 1. The number of hydrogen-bond donors (Lipinski definition) is 2. The Balaban J connectivity index is 1.98. The minimum absolute atomic E-state index is 0.101. The molecule has 0 saturated carbocycles. The molecule has 0 spiro atoms. The summed E-state index contributed by atoms with van der Waals surface area (Å²) in [6.45, 7) is 7.92. The van der Waals surface area contributed by atoms with Crippen molar-refractivity contribution in [2.75, 3.05) is 31.5 Å². The maximum Gasteiger partial charge on any atom is 0.253 e. The van der Waals surface area contributed by atoms with Crippen molar-refractivity contribution < 1.29 is 4.79 Å². The number of pyridine rings is 1. The Morgan fingerprint density at radius 3 is 3.00 bits per heavy atom. The van der Waals surface area contributed by atoms with Gasteiger partial charge in [0.15, 0.2) is 0 Å². The molecule has 0 aliphatic carbocycles. The predicted octanol–water partition coefficient (Wildman–Crippen LogP) is 2.38. The van der Waals surface area contributed by atoms with Gasteiger partial charge in [-0.05, 0) is 38.9 Å². The fraction of sp³-hybridized carbons (Fsp3) is 0.600. The maximum absolute atomic E-state index is 12.3. The molecule has 6 heteroatoms. The number of likely N-dealkylation sites (N-methyl/N-ethyl adjacent to an activating group) is 1. The van der Waals surface area contributed by atoms with Crippen LogP contribution in [0.5, 0.6) is 0 Å². The summed E-state index contributed by atoms with van der Waals surface area (Å²) >= 11 is 6.13. The number of carbonyl (C=O) groups is 1. The van der Waals surface area contributed by atoms with Crippen molar-refractivity contribution in [2.24, 2.45) is 0 Å². The Bertz CT molecular complexity index is 495. The number of nitrogens with zero attached hydrogens (tertiary/aromatic N) is 2. The summed E-state index contributed by atoms with van der Waals surface area (Å²) in [5, 5.41) is 6.61. The second-order valence-electron chi connectivity index (χ2n) is 5.29. The van der Waals surface area contributed by atoms with E-state index in [1.54, 1.807) is 12.3 Å². The summed E-state index contributed by atoms with van der Waals surface area (Å²) in [5.74, 6) is 0.515. The van der Waals surface area contributed by atoms with Gasteiger partial charge in [0.05, 0.1) is 10.6 Å². The van der Waals surface area contributed by atoms with Gasteiger partial charge in [0.1, 0.15) is 5.82 Å². The molecule has 116 valence electrons. The van der Waals surface area contributed by atoms with Crippen LogP contribution in [0.1, 0.15) is 37.0 Å². The first kappa shape index (κ1) is 16.0. The maximum atomic E-state index is 12.3. The fourth-order valence-corrected chi connectivity index (χ4v) is 2.82. The third-order valence-corrected chi connectivity index (χ3v) is 4.02. The highest BCUT2D eigenvalue weighted by Crippen LogP contribution is 2.20. The molecule has 21 heavy (non-hydrogen) atoms. The zero-order valence-corrected chi connectivity index (χ0v) is 13.4. The van der Waals surface area contributed by atoms with Crippen molar-refractivity contribution in [3.05, 3.63) is 22.8 Å². The van der Waals surface area contributed by atoms with E-state index in [1.165, 1.54) is 0 Å². The topological polar surface area (TPSA) is 57.3 Å². The molecule has 2 heterocycles. The SMILES string of the molecule is CCNc1ncc(C(=O)NC2CCCN(CC)C2)cc1Cl. The summed E-state index contributed by atoms with van der Waals surface area (Å²) in [6, 6.07) is 1.88. The largest absolute Gasteiger partial charge is 0.369 e. The van der Waals surface area contributed by atoms with Crippen LogP contribution in [-0.4, -0.2) is 48.0 Å². The monoisotopic (exact) mass is 310 g/mol. The quantitative estimate of drug-likeness (QED) is 0.877. The van der Waals surface area contributed by atoms with Crippen LogP contribution in [0, 0.1) is 0 Å². The van der Waals surface area contributed by atoms with Crippen molar-refractivity contribution in [1.82, 2.24) is 15.2 Å². The molecule has 0 aromatic carbocycles. The van der Waals surface area contributed by atoms with Gasteiger partial charge in [-0.2, -0.15) is 0 Å². The highest BCUT2D eigenvalue weighted by molar-refractivity contribution is 6.33. The number of amides is 1. The third-order valence-electron chi connectivity index (χ3n) is 3.74. The van der Waals surface area contributed by atoms with Gasteiger partial charge in [0, 0.05) is 25.3 Å². The molecule has 0 bridgehead atoms. The number of anilines is 1. The highest BCUT2D eigenvalue weighted by Gasteiger charge is 2.21. The van der Waals surface area contributed by atoms with Crippen LogP contribution in [0.3, 0.4) is 0 Å². The molecule has 1 amide bonds. The average molecular weight is 311 g/mol. The molecule has 1 atom stereocenters. The molecule has 1 fully saturated rings. The Hall–Kier alpha value is -1.33. The van der Waals surface area contributed by atoms with E-state index in [4.69, 9.17) is 11.6 Å². The van der Waals surface area contributed by atoms with Crippen LogP contribution >= 0.6 is 11.6 Å². The molecule has 0 radical (unpaired) electrons. The van der Waals surface area contributed by atoms with Gasteiger partial charge in [-0.1, -0.05) is 18.5 Å². The van der Waals surface area contributed by atoms with Crippen LogP contribution in [0.15, 0.2) is 12.3 Å². The molecule has 1 saturated heterocycles. The van der Waals surface area contributed by atoms with E-state index < -0.39 is 0 Å². The van der Waals surface area contributed by atoms with Gasteiger partial charge in [-0.15, -0.1) is 0 Å². The lowest BCUT2D eigenvalue weighted by atomic mass is 10.1. The Kier molecular flexibility index (Phi) is 5.82. The molecule has 1 aliphatic rings. The lowest BCUT2D eigenvalue weighted by Gasteiger charge is -2.32. The first-order valence-corrected chi connectivity index (χ1v) is 7.94. The molecule has 2 rings (SSSR count). The molecular formula is C15H23ClN4O. The van der Waals surface area contributed by atoms with Crippen LogP contribution in [-0.2, 0) is 0 Å². The van der Waals surface area contributed by atoms with Gasteiger partial charge < -0.3 is 15.5 Å². The lowest BCUT2D eigenvalue weighted by molar-refractivity contribution is 0.0905. The summed E-state index contributed by atoms with van der Waals surface area (Å²) in [6.07, 6.45) is 3.72. The van der Waals surface area contributed by atoms with E-state index >= 15 is 0 Å². The lowest BCUT2D eigenvalue weighted by Crippen LogP contribution is -2.47. The van der Waals surface area contributed by atoms with E-state index in [0.29, 0.717) is 16.4 Å². The molecular weight excluding hydrogens is 288 g/mol. The average Bonchev–Trinajstić information content (AvgIpc) is 2.49. The summed E-state index contributed by atoms with van der Waals surface area (Å²) in [4.78, 5) is 18.8. The first-order chi connectivity index (χ1) is 10.1. The van der Waals surface area contributed by atoms with Gasteiger partial charge in [-0.3, -0.25) is 4.79 Å². The number of carbonyl (C=O) groups excluding carboxylic acids is 1. The normalized spacial score (nSPS) is 19.3. The fourth-order valence-electron chi connectivity index (χ4n) is 2.59. The first-order valence-electron chi connectivity index (χ1n) is 7.56. The number of nitrogens with one attached hydrogen (secondary N) is 2. The molecule has 1 aromatic heterocycles. The van der Waals surface area contributed by atoms with Gasteiger partial charge >= 0.3 is 0 Å². The molecule has 1 aromatic rings.